The number of pyridine rings is 2. The highest BCUT2D eigenvalue weighted by atomic mass is 19.4. The van der Waals surface area contributed by atoms with E-state index in [0.717, 1.165) is 34.6 Å². The van der Waals surface area contributed by atoms with Crippen molar-refractivity contribution in [1.82, 2.24) is 70.6 Å². The Balaban J connectivity index is 0.000000221. The van der Waals surface area contributed by atoms with Crippen LogP contribution in [0.15, 0.2) is 155 Å². The minimum absolute atomic E-state index is 0.0166. The summed E-state index contributed by atoms with van der Waals surface area (Å²) in [7, 11) is 0. The van der Waals surface area contributed by atoms with Crippen LogP contribution in [0, 0.1) is 10.8 Å². The van der Waals surface area contributed by atoms with Crippen LogP contribution in [0.2, 0.25) is 0 Å². The van der Waals surface area contributed by atoms with Crippen molar-refractivity contribution in [2.45, 2.75) is 117 Å². The lowest BCUT2D eigenvalue weighted by atomic mass is 9.92. The first-order chi connectivity index (χ1) is 69.9. The van der Waals surface area contributed by atoms with Crippen molar-refractivity contribution in [1.29, 1.82) is 0 Å². The maximum Gasteiger partial charge on any atom is 0.416 e. The average Bonchev–Trinajstić information content (AvgIpc) is 1.62. The van der Waals surface area contributed by atoms with Crippen LogP contribution in [-0.2, 0) is 52.5 Å². The van der Waals surface area contributed by atoms with Gasteiger partial charge in [-0.2, -0.15) is 26.3 Å². The normalized spacial score (nSPS) is 16.5. The van der Waals surface area contributed by atoms with Gasteiger partial charge in [0.25, 0.3) is 47.3 Å². The Morgan fingerprint density at radius 2 is 0.912 bits per heavy atom. The number of oxazole rings is 2. The Kier molecular flexibility index (Phi) is 31.6. The van der Waals surface area contributed by atoms with E-state index >= 15 is 0 Å². The molecular formula is C97H100F6N22O22. The predicted molar refractivity (Wildman–Crippen MR) is 509 cm³/mol. The third kappa shape index (κ3) is 25.1. The van der Waals surface area contributed by atoms with E-state index in [9.17, 15) is 98.3 Å². The van der Waals surface area contributed by atoms with Crippen molar-refractivity contribution >= 4 is 135 Å². The zero-order valence-electron chi connectivity index (χ0n) is 80.1. The molecule has 6 aromatic heterocycles. The van der Waals surface area contributed by atoms with Gasteiger partial charge in [0.1, 0.15) is 66.3 Å². The van der Waals surface area contributed by atoms with Crippen molar-refractivity contribution < 1.29 is 131 Å². The molecule has 0 aliphatic carbocycles. The van der Waals surface area contributed by atoms with Gasteiger partial charge in [-0.25, -0.2) is 34.1 Å². The summed E-state index contributed by atoms with van der Waals surface area (Å²) < 4.78 is 120. The molecule has 0 radical (unpaired) electrons. The number of carbonyl (C=O) groups excluding carboxylic acids is 15. The molecule has 9 N–H and O–H groups in total. The van der Waals surface area contributed by atoms with Gasteiger partial charge in [0, 0.05) is 109 Å². The molecule has 12 heterocycles. The van der Waals surface area contributed by atoms with Crippen LogP contribution in [0.1, 0.15) is 170 Å². The van der Waals surface area contributed by atoms with Crippen LogP contribution in [-0.4, -0.2) is 273 Å². The molecule has 147 heavy (non-hydrogen) atoms. The lowest BCUT2D eigenvalue weighted by Crippen LogP contribution is -2.54. The molecule has 50 heteroatoms. The van der Waals surface area contributed by atoms with Crippen LogP contribution in [0.25, 0.3) is 34.3 Å². The fourth-order valence-electron chi connectivity index (χ4n) is 16.3. The van der Waals surface area contributed by atoms with Crippen molar-refractivity contribution in [3.63, 3.8) is 0 Å². The summed E-state index contributed by atoms with van der Waals surface area (Å²) in [6.45, 7) is 12.1. The smallest absolute Gasteiger partial charge is 0.416 e. The van der Waals surface area contributed by atoms with Gasteiger partial charge in [0.15, 0.2) is 23.0 Å². The minimum Gasteiger partial charge on any atom is -0.444 e. The van der Waals surface area contributed by atoms with E-state index in [0.29, 0.717) is 71.3 Å². The third-order valence-corrected chi connectivity index (χ3v) is 23.8. The highest BCUT2D eigenvalue weighted by Crippen LogP contribution is 2.42. The highest BCUT2D eigenvalue weighted by Gasteiger charge is 2.50. The Labute approximate surface area is 832 Å². The van der Waals surface area contributed by atoms with E-state index in [-0.39, 0.29) is 207 Å². The van der Waals surface area contributed by atoms with Crippen molar-refractivity contribution in [3.05, 3.63) is 191 Å². The molecule has 6 aliphatic heterocycles. The highest BCUT2D eigenvalue weighted by molar-refractivity contribution is 6.27. The van der Waals surface area contributed by atoms with Crippen molar-refractivity contribution in [2.75, 3.05) is 146 Å². The maximum absolute atomic E-state index is 13.7. The quantitative estimate of drug-likeness (QED) is 0.00987. The minimum atomic E-state index is -4.80. The number of rotatable bonds is 38. The second kappa shape index (κ2) is 44.4. The van der Waals surface area contributed by atoms with Gasteiger partial charge < -0.3 is 69.7 Å². The van der Waals surface area contributed by atoms with E-state index in [1.807, 2.05) is 13.8 Å². The molecule has 4 fully saturated rings. The van der Waals surface area contributed by atoms with E-state index < -0.39 is 125 Å². The van der Waals surface area contributed by atoms with E-state index in [1.165, 1.54) is 88.9 Å². The lowest BCUT2D eigenvalue weighted by molar-refractivity contribution is -0.137. The molecule has 15 amide bonds. The summed E-state index contributed by atoms with van der Waals surface area (Å²) in [6.07, 6.45) is -1.81. The number of hydrogen-bond donors (Lipinski definition) is 9. The van der Waals surface area contributed by atoms with Crippen LogP contribution < -0.4 is 62.6 Å². The molecule has 4 saturated heterocycles. The first-order valence-corrected chi connectivity index (χ1v) is 46.4. The second-order valence-corrected chi connectivity index (χ2v) is 36.5. The molecule has 16 rings (SSSR count). The number of aromatic nitrogens is 8. The number of anilines is 8. The number of nitrogens with one attached hydrogen (secondary N) is 9. The van der Waals surface area contributed by atoms with Gasteiger partial charge >= 0.3 is 18.4 Å². The van der Waals surface area contributed by atoms with E-state index in [2.05, 4.69) is 78.0 Å². The third-order valence-electron chi connectivity index (χ3n) is 23.8. The molecule has 6 aliphatic rings. The number of carbonyl (C=O) groups is 15. The average molecular weight is 2040 g/mol. The zero-order chi connectivity index (χ0) is 105. The van der Waals surface area contributed by atoms with Crippen molar-refractivity contribution in [2.24, 2.45) is 10.8 Å². The zero-order valence-corrected chi connectivity index (χ0v) is 80.1. The molecule has 0 saturated carbocycles. The van der Waals surface area contributed by atoms with Gasteiger partial charge in [-0.15, -0.1) is 10.2 Å². The molecule has 2 unspecified atom stereocenters. The monoisotopic (exact) mass is 2040 g/mol. The Morgan fingerprint density at radius 1 is 0.490 bits per heavy atom. The standard InChI is InChI=1S/C51H54F3N11O12.C46H46F3N11O10/c1-49(2,3)77-48(73)63(28-51(52,53)54)37-25-30(15-17-56-37)44-59-35(27-76-44)42(68)58-34-26-64(61-40(34)62-20-16-50(4,5)47(62)72)31-11-9-29(10-12-31)41(67)57-19-22-75-24-23-74-21-18-55-33-8-6-7-32-39(33)46(71)65(45(32)70)36-13-14-38(66)60-43(36)69;1-45(2)13-17-58(44(45)67)37-31(54-39(63)32-24-70-41(55-32)27-12-14-51-34(22-27)53-25-46(47,48)49)23-59(57-37)28-8-6-26(7-9-28)38(62)52-16-19-69-21-20-68-18-15-50-30-5-3-4-29-36(30)43(66)60(42(29)65)33-10-11-35(61)56-40(33)64/h6-12,15,17,25-27,36,55H,13-14,16,18-24,28H2,1-5H3,(H,57,67)(H,58,68)(H,60,66,69);3-9,12,14,22-24,33,50H,10-11,13,15-21,25H2,1-2H3,(H,51,53)(H,52,62)(H,54,63)(H,56,61,64). The second-order valence-electron chi connectivity index (χ2n) is 36.5. The maximum atomic E-state index is 13.7. The van der Waals surface area contributed by atoms with Gasteiger partial charge in [-0.3, -0.25) is 102 Å². The molecule has 2 atom stereocenters. The lowest BCUT2D eigenvalue weighted by Gasteiger charge is -2.27. The Bertz CT molecular complexity index is 6750. The van der Waals surface area contributed by atoms with Gasteiger partial charge in [0.05, 0.1) is 98.9 Å². The topological polar surface area (TPSA) is 540 Å². The predicted octanol–water partition coefficient (Wildman–Crippen LogP) is 9.71. The molecule has 0 bridgehead atoms. The summed E-state index contributed by atoms with van der Waals surface area (Å²) in [4.78, 5) is 215. The SMILES string of the molecule is CC(C)(C)OC(=O)N(CC(F)(F)F)c1cc(-c2nc(C(=O)Nc3cn(-c4ccc(C(=O)NCCOCCOCCNc5cccc6c5C(=O)N(C5CCC(=O)NC5=O)C6=O)cc4)nc3N3CCC(C)(C)C3=O)co2)ccn1.CC1(C)CCN(c2nn(-c3ccc(C(=O)NCCOCCOCCNc4cccc5c4C(=O)N(C4CCC(=O)NC4=O)C5=O)cc3)cc2NC(=O)c2coc(-c3ccnc(NCC(F)(F)F)c3)n2)C1=O. The number of ether oxygens (including phenoxy) is 5. The van der Waals surface area contributed by atoms with Crippen LogP contribution in [0.3, 0.4) is 0 Å². The van der Waals surface area contributed by atoms with Gasteiger partial charge in [-0.05, 0) is 144 Å². The first kappa shape index (κ1) is 105. The number of imide groups is 4. The fraction of sp³-hybridized carbons (Fsp3) is 0.371. The molecule has 4 aromatic carbocycles. The molecule has 44 nitrogen and oxygen atoms in total. The first-order valence-electron chi connectivity index (χ1n) is 46.4. The molecule has 0 spiro atoms. The number of benzene rings is 4. The number of amides is 15. The Morgan fingerprint density at radius 3 is 1.31 bits per heavy atom. The summed E-state index contributed by atoms with van der Waals surface area (Å²) in [5.74, 6) is -7.76. The molecular weight excluding hydrogens is 1940 g/mol. The summed E-state index contributed by atoms with van der Waals surface area (Å²) in [6, 6.07) is 25.5. The van der Waals surface area contributed by atoms with Gasteiger partial charge in [-0.1, -0.05) is 39.8 Å². The number of nitrogens with zero attached hydrogens (tertiary/aromatic N) is 13. The molecule has 772 valence electrons. The van der Waals surface area contributed by atoms with Crippen molar-refractivity contribution in [3.8, 4) is 34.3 Å². The number of alkyl halides is 6. The van der Waals surface area contributed by atoms with Crippen LogP contribution in [0.4, 0.5) is 77.2 Å². The summed E-state index contributed by atoms with van der Waals surface area (Å²) in [5, 5.41) is 33.1. The van der Waals surface area contributed by atoms with E-state index in [4.69, 9.17) is 32.5 Å². The number of hydrogen-bond acceptors (Lipinski definition) is 31. The van der Waals surface area contributed by atoms with Gasteiger partial charge in [0.2, 0.25) is 47.2 Å². The van der Waals surface area contributed by atoms with Crippen LogP contribution >= 0.6 is 0 Å². The number of piperidine rings is 2. The molecule has 10 aromatic rings. The fourth-order valence-corrected chi connectivity index (χ4v) is 16.3. The number of fused-ring (bicyclic) bond motifs is 2. The number of halogens is 6. The summed E-state index contributed by atoms with van der Waals surface area (Å²) >= 11 is 0. The largest absolute Gasteiger partial charge is 0.444 e. The van der Waals surface area contributed by atoms with E-state index in [1.54, 1.807) is 86.6 Å². The van der Waals surface area contributed by atoms with Crippen LogP contribution in [0.5, 0.6) is 0 Å². The summed E-state index contributed by atoms with van der Waals surface area (Å²) in [5.41, 5.74) is 0.875. The Hall–Kier alpha value is -16.5.